The lowest BCUT2D eigenvalue weighted by molar-refractivity contribution is -0.914. The molecule has 6 heteroatoms. The van der Waals surface area contributed by atoms with Crippen LogP contribution in [0.4, 0.5) is 15.8 Å². The summed E-state index contributed by atoms with van der Waals surface area (Å²) in [7, 11) is 0. The highest BCUT2D eigenvalue weighted by atomic mass is 19.1. The van der Waals surface area contributed by atoms with E-state index in [0.29, 0.717) is 5.56 Å². The molecule has 1 aliphatic rings. The van der Waals surface area contributed by atoms with Crippen LogP contribution >= 0.6 is 0 Å². The minimum atomic E-state index is -0.424. The molecule has 0 radical (unpaired) electrons. The van der Waals surface area contributed by atoms with E-state index < -0.39 is 5.82 Å². The van der Waals surface area contributed by atoms with Crippen LogP contribution in [-0.2, 0) is 4.79 Å². The number of hydrogen-bond donors (Lipinski definition) is 2. The van der Waals surface area contributed by atoms with Gasteiger partial charge in [-0.3, -0.25) is 9.59 Å². The quantitative estimate of drug-likeness (QED) is 0.789. The number of rotatable bonds is 5. The highest BCUT2D eigenvalue weighted by Gasteiger charge is 2.29. The van der Waals surface area contributed by atoms with Crippen molar-refractivity contribution in [3.8, 4) is 0 Å². The summed E-state index contributed by atoms with van der Waals surface area (Å²) >= 11 is 0. The SMILES string of the molecule is CC(=O)c1ccc(N2CC[NH+]([C@H](C)C(=O)Nc3ccccc3F)CC2)cc1. The molecule has 2 aromatic carbocycles. The van der Waals surface area contributed by atoms with Gasteiger partial charge in [-0.15, -0.1) is 0 Å². The molecule has 1 atom stereocenters. The summed E-state index contributed by atoms with van der Waals surface area (Å²) in [5, 5.41) is 2.69. The van der Waals surface area contributed by atoms with E-state index in [1.807, 2.05) is 31.2 Å². The van der Waals surface area contributed by atoms with E-state index in [9.17, 15) is 14.0 Å². The number of para-hydroxylation sites is 1. The predicted octanol–water partition coefficient (Wildman–Crippen LogP) is 1.76. The monoisotopic (exact) mass is 370 g/mol. The maximum absolute atomic E-state index is 13.7. The Labute approximate surface area is 158 Å². The maximum Gasteiger partial charge on any atom is 0.282 e. The van der Waals surface area contributed by atoms with Gasteiger partial charge in [0.1, 0.15) is 5.82 Å². The lowest BCUT2D eigenvalue weighted by Crippen LogP contribution is -3.19. The predicted molar refractivity (Wildman–Crippen MR) is 104 cm³/mol. The molecule has 3 rings (SSSR count). The highest BCUT2D eigenvalue weighted by molar-refractivity contribution is 5.94. The molecule has 142 valence electrons. The number of nitrogens with one attached hydrogen (secondary N) is 2. The summed E-state index contributed by atoms with van der Waals surface area (Å²) in [6.07, 6.45) is 0. The van der Waals surface area contributed by atoms with Crippen LogP contribution in [0.15, 0.2) is 48.5 Å². The van der Waals surface area contributed by atoms with Gasteiger partial charge in [0, 0.05) is 11.3 Å². The number of benzene rings is 2. The number of carbonyl (C=O) groups is 2. The van der Waals surface area contributed by atoms with Crippen LogP contribution in [0.25, 0.3) is 0 Å². The topological polar surface area (TPSA) is 53.9 Å². The molecule has 5 nitrogen and oxygen atoms in total. The van der Waals surface area contributed by atoms with Crippen molar-refractivity contribution in [2.75, 3.05) is 36.4 Å². The van der Waals surface area contributed by atoms with E-state index in [1.54, 1.807) is 25.1 Å². The molecule has 0 spiro atoms. The Morgan fingerprint density at radius 1 is 1.07 bits per heavy atom. The number of carbonyl (C=O) groups excluding carboxylic acids is 2. The summed E-state index contributed by atoms with van der Waals surface area (Å²) in [6.45, 7) is 6.73. The number of nitrogens with zero attached hydrogens (tertiary/aromatic N) is 1. The third kappa shape index (κ3) is 4.52. The third-order valence-electron chi connectivity index (χ3n) is 5.18. The molecule has 0 saturated carbocycles. The van der Waals surface area contributed by atoms with Gasteiger partial charge in [0.15, 0.2) is 11.8 Å². The Bertz CT molecular complexity index is 814. The minimum Gasteiger partial charge on any atom is -0.360 e. The second-order valence-electron chi connectivity index (χ2n) is 6.94. The summed E-state index contributed by atoms with van der Waals surface area (Å²) in [6, 6.07) is 13.6. The molecule has 0 bridgehead atoms. The van der Waals surface area contributed by atoms with Gasteiger partial charge in [0.2, 0.25) is 0 Å². The van der Waals surface area contributed by atoms with Crippen molar-refractivity contribution in [1.29, 1.82) is 0 Å². The van der Waals surface area contributed by atoms with Gasteiger partial charge in [-0.05, 0) is 50.2 Å². The Kier molecular flexibility index (Phi) is 5.86. The van der Waals surface area contributed by atoms with Crippen LogP contribution in [0.5, 0.6) is 0 Å². The van der Waals surface area contributed by atoms with Gasteiger partial charge >= 0.3 is 0 Å². The van der Waals surface area contributed by atoms with E-state index in [1.165, 1.54) is 11.0 Å². The molecule has 1 aliphatic heterocycles. The molecule has 0 aromatic heterocycles. The Balaban J connectivity index is 1.55. The number of quaternary nitrogens is 1. The average molecular weight is 370 g/mol. The van der Waals surface area contributed by atoms with Crippen LogP contribution in [-0.4, -0.2) is 43.9 Å². The molecule has 1 saturated heterocycles. The fourth-order valence-corrected chi connectivity index (χ4v) is 3.38. The first-order chi connectivity index (χ1) is 13.0. The van der Waals surface area contributed by atoms with E-state index in [0.717, 1.165) is 31.9 Å². The second-order valence-corrected chi connectivity index (χ2v) is 6.94. The van der Waals surface area contributed by atoms with E-state index in [-0.39, 0.29) is 23.4 Å². The smallest absolute Gasteiger partial charge is 0.282 e. The summed E-state index contributed by atoms with van der Waals surface area (Å²) < 4.78 is 13.7. The lowest BCUT2D eigenvalue weighted by Gasteiger charge is -2.36. The standard InChI is InChI=1S/C21H24FN3O2/c1-15(21(27)23-20-6-4-3-5-19(20)22)24-11-13-25(14-12-24)18-9-7-17(8-10-18)16(2)26/h3-10,15H,11-14H2,1-2H3,(H,23,27)/p+1/t15-/m1/s1. The molecule has 2 aromatic rings. The van der Waals surface area contributed by atoms with Gasteiger partial charge in [0.25, 0.3) is 5.91 Å². The van der Waals surface area contributed by atoms with Crippen molar-refractivity contribution in [3.05, 3.63) is 59.9 Å². The summed E-state index contributed by atoms with van der Waals surface area (Å²) in [4.78, 5) is 27.3. The summed E-state index contributed by atoms with van der Waals surface area (Å²) in [5.41, 5.74) is 2.02. The molecule has 0 unspecified atom stereocenters. The zero-order chi connectivity index (χ0) is 19.4. The number of piperazine rings is 1. The number of hydrogen-bond acceptors (Lipinski definition) is 3. The van der Waals surface area contributed by atoms with E-state index in [4.69, 9.17) is 0 Å². The van der Waals surface area contributed by atoms with Crippen LogP contribution in [0.3, 0.4) is 0 Å². The minimum absolute atomic E-state index is 0.0607. The number of ketones is 1. The molecule has 0 aliphatic carbocycles. The normalized spacial score (nSPS) is 16.0. The zero-order valence-electron chi connectivity index (χ0n) is 15.7. The molecule has 27 heavy (non-hydrogen) atoms. The molecule has 1 amide bonds. The molecule has 1 fully saturated rings. The van der Waals surface area contributed by atoms with Crippen molar-refractivity contribution in [2.24, 2.45) is 0 Å². The summed E-state index contributed by atoms with van der Waals surface area (Å²) in [5.74, 6) is -0.535. The second kappa shape index (κ2) is 8.31. The van der Waals surface area contributed by atoms with Gasteiger partial charge < -0.3 is 15.1 Å². The van der Waals surface area contributed by atoms with Crippen LogP contribution in [0.2, 0.25) is 0 Å². The number of halogens is 1. The van der Waals surface area contributed by atoms with Crippen molar-refractivity contribution in [2.45, 2.75) is 19.9 Å². The van der Waals surface area contributed by atoms with Crippen LogP contribution in [0.1, 0.15) is 24.2 Å². The maximum atomic E-state index is 13.7. The van der Waals surface area contributed by atoms with Crippen molar-refractivity contribution < 1.29 is 18.9 Å². The van der Waals surface area contributed by atoms with Gasteiger partial charge in [-0.2, -0.15) is 0 Å². The van der Waals surface area contributed by atoms with Crippen molar-refractivity contribution in [1.82, 2.24) is 0 Å². The Morgan fingerprint density at radius 2 is 1.70 bits per heavy atom. The average Bonchev–Trinajstić information content (AvgIpc) is 2.69. The molecular formula is C21H25FN3O2+. The first-order valence-electron chi connectivity index (χ1n) is 9.21. The molecule has 1 heterocycles. The van der Waals surface area contributed by atoms with Crippen LogP contribution < -0.4 is 15.1 Å². The Hall–Kier alpha value is -2.73. The fourth-order valence-electron chi connectivity index (χ4n) is 3.38. The fraction of sp³-hybridized carbons (Fsp3) is 0.333. The first kappa shape index (κ1) is 19.0. The molecule has 2 N–H and O–H groups in total. The number of Topliss-reactive ketones (excluding diaryl/α,β-unsaturated/α-hetero) is 1. The number of amides is 1. The van der Waals surface area contributed by atoms with Crippen molar-refractivity contribution >= 4 is 23.1 Å². The molecular weight excluding hydrogens is 345 g/mol. The van der Waals surface area contributed by atoms with E-state index in [2.05, 4.69) is 10.2 Å². The Morgan fingerprint density at radius 3 is 2.30 bits per heavy atom. The van der Waals surface area contributed by atoms with Gasteiger partial charge in [-0.25, -0.2) is 4.39 Å². The highest BCUT2D eigenvalue weighted by Crippen LogP contribution is 2.16. The van der Waals surface area contributed by atoms with Crippen LogP contribution in [0, 0.1) is 5.82 Å². The van der Waals surface area contributed by atoms with Gasteiger partial charge in [0.05, 0.1) is 31.9 Å². The third-order valence-corrected chi connectivity index (χ3v) is 5.18. The largest absolute Gasteiger partial charge is 0.360 e. The van der Waals surface area contributed by atoms with Gasteiger partial charge in [-0.1, -0.05) is 12.1 Å². The van der Waals surface area contributed by atoms with Crippen molar-refractivity contribution in [3.63, 3.8) is 0 Å². The number of anilines is 2. The zero-order valence-corrected chi connectivity index (χ0v) is 15.7. The van der Waals surface area contributed by atoms with E-state index >= 15 is 0 Å². The lowest BCUT2D eigenvalue weighted by atomic mass is 10.1. The first-order valence-corrected chi connectivity index (χ1v) is 9.21.